The number of aliphatic hydroxyl groups is 2. The van der Waals surface area contributed by atoms with E-state index in [2.05, 4.69) is 0 Å². The number of aryl methyl sites for hydroxylation is 2. The molecule has 1 saturated heterocycles. The molecule has 21 heavy (non-hydrogen) atoms. The van der Waals surface area contributed by atoms with Gasteiger partial charge in [-0.3, -0.25) is 0 Å². The summed E-state index contributed by atoms with van der Waals surface area (Å²) in [6.07, 6.45) is 1.03. The highest BCUT2D eigenvalue weighted by molar-refractivity contribution is 7.91. The Morgan fingerprint density at radius 3 is 2.19 bits per heavy atom. The molecule has 0 radical (unpaired) electrons. The second-order valence-electron chi connectivity index (χ2n) is 6.33. The first kappa shape index (κ1) is 16.5. The minimum Gasteiger partial charge on any atom is -0.396 e. The van der Waals surface area contributed by atoms with Crippen LogP contribution in [0.3, 0.4) is 0 Å². The van der Waals surface area contributed by atoms with E-state index >= 15 is 0 Å². The lowest BCUT2D eigenvalue weighted by atomic mass is 9.71. The maximum absolute atomic E-state index is 11.7. The fraction of sp³-hybridized carbons (Fsp3) is 0.625. The van der Waals surface area contributed by atoms with Crippen molar-refractivity contribution in [1.29, 1.82) is 0 Å². The second-order valence-corrected chi connectivity index (χ2v) is 8.55. The van der Waals surface area contributed by atoms with Crippen molar-refractivity contribution >= 4 is 9.84 Å². The molecule has 2 N–H and O–H groups in total. The lowest BCUT2D eigenvalue weighted by Gasteiger charge is -2.36. The normalized spacial score (nSPS) is 21.6. The fourth-order valence-electron chi connectivity index (χ4n) is 3.32. The van der Waals surface area contributed by atoms with Crippen LogP contribution < -0.4 is 0 Å². The molecule has 2 rings (SSSR count). The molecule has 0 saturated carbocycles. The van der Waals surface area contributed by atoms with Gasteiger partial charge in [-0.25, -0.2) is 8.42 Å². The van der Waals surface area contributed by atoms with E-state index in [1.807, 2.05) is 32.0 Å². The summed E-state index contributed by atoms with van der Waals surface area (Å²) < 4.78 is 23.5. The highest BCUT2D eigenvalue weighted by Gasteiger charge is 2.44. The minimum atomic E-state index is -3.03. The predicted octanol–water partition coefficient (Wildman–Crippen LogP) is 1.25. The third-order valence-electron chi connectivity index (χ3n) is 4.90. The van der Waals surface area contributed by atoms with Gasteiger partial charge in [-0.2, -0.15) is 0 Å². The number of hydrogen-bond donors (Lipinski definition) is 2. The predicted molar refractivity (Wildman–Crippen MR) is 83.0 cm³/mol. The SMILES string of the molecule is Cc1cccc(C)c1CC(CO)(CO)C1CCS(=O)(=O)C1. The molecule has 4 nitrogen and oxygen atoms in total. The van der Waals surface area contributed by atoms with Crippen LogP contribution in [0.5, 0.6) is 0 Å². The average molecular weight is 312 g/mol. The highest BCUT2D eigenvalue weighted by Crippen LogP contribution is 2.39. The van der Waals surface area contributed by atoms with Crippen molar-refractivity contribution in [2.75, 3.05) is 24.7 Å². The third kappa shape index (κ3) is 3.30. The molecule has 5 heteroatoms. The molecular formula is C16H24O4S. The van der Waals surface area contributed by atoms with E-state index in [1.165, 1.54) is 0 Å². The lowest BCUT2D eigenvalue weighted by molar-refractivity contribution is 0.0122. The average Bonchev–Trinajstić information content (AvgIpc) is 2.80. The van der Waals surface area contributed by atoms with Crippen LogP contribution in [0.15, 0.2) is 18.2 Å². The molecule has 1 aromatic rings. The van der Waals surface area contributed by atoms with Crippen molar-refractivity contribution in [3.8, 4) is 0 Å². The lowest BCUT2D eigenvalue weighted by Crippen LogP contribution is -2.41. The molecule has 0 aromatic heterocycles. The Morgan fingerprint density at radius 2 is 1.76 bits per heavy atom. The zero-order valence-corrected chi connectivity index (χ0v) is 13.5. The Kier molecular flexibility index (Phi) is 4.76. The van der Waals surface area contributed by atoms with Gasteiger partial charge < -0.3 is 10.2 Å². The number of aliphatic hydroxyl groups excluding tert-OH is 2. The Balaban J connectivity index is 2.35. The Bertz CT molecular complexity index is 582. The first-order valence-electron chi connectivity index (χ1n) is 7.31. The van der Waals surface area contributed by atoms with E-state index in [1.54, 1.807) is 0 Å². The largest absolute Gasteiger partial charge is 0.396 e. The van der Waals surface area contributed by atoms with Crippen molar-refractivity contribution in [3.63, 3.8) is 0 Å². The summed E-state index contributed by atoms with van der Waals surface area (Å²) in [4.78, 5) is 0. The van der Waals surface area contributed by atoms with Gasteiger partial charge in [-0.15, -0.1) is 0 Å². The van der Waals surface area contributed by atoms with Gasteiger partial charge in [0, 0.05) is 5.41 Å². The summed E-state index contributed by atoms with van der Waals surface area (Å²) in [5.74, 6) is 0.0436. The van der Waals surface area contributed by atoms with Crippen LogP contribution in [-0.4, -0.2) is 43.4 Å². The zero-order chi connectivity index (χ0) is 15.7. The van der Waals surface area contributed by atoms with Crippen LogP contribution in [0.4, 0.5) is 0 Å². The maximum atomic E-state index is 11.7. The van der Waals surface area contributed by atoms with Crippen LogP contribution >= 0.6 is 0 Å². The second kappa shape index (κ2) is 6.07. The summed E-state index contributed by atoms with van der Waals surface area (Å²) in [7, 11) is -3.03. The van der Waals surface area contributed by atoms with Crippen molar-refractivity contribution < 1.29 is 18.6 Å². The fourth-order valence-corrected chi connectivity index (χ4v) is 5.27. The number of sulfone groups is 1. The summed E-state index contributed by atoms with van der Waals surface area (Å²) in [6, 6.07) is 5.99. The number of rotatable bonds is 5. The monoisotopic (exact) mass is 312 g/mol. The summed E-state index contributed by atoms with van der Waals surface area (Å²) in [5, 5.41) is 19.8. The van der Waals surface area contributed by atoms with E-state index in [4.69, 9.17) is 0 Å². The molecule has 0 amide bonds. The van der Waals surface area contributed by atoms with Gasteiger partial charge in [0.05, 0.1) is 24.7 Å². The smallest absolute Gasteiger partial charge is 0.150 e. The van der Waals surface area contributed by atoms with E-state index in [-0.39, 0.29) is 30.6 Å². The third-order valence-corrected chi connectivity index (χ3v) is 6.67. The van der Waals surface area contributed by atoms with Crippen LogP contribution in [-0.2, 0) is 16.3 Å². The zero-order valence-electron chi connectivity index (χ0n) is 12.7. The summed E-state index contributed by atoms with van der Waals surface area (Å²) >= 11 is 0. The van der Waals surface area contributed by atoms with Crippen LogP contribution in [0.25, 0.3) is 0 Å². The molecule has 0 bridgehead atoms. The maximum Gasteiger partial charge on any atom is 0.150 e. The van der Waals surface area contributed by atoms with Crippen LogP contribution in [0.1, 0.15) is 23.1 Å². The van der Waals surface area contributed by atoms with Crippen molar-refractivity contribution in [2.24, 2.45) is 11.3 Å². The molecule has 0 spiro atoms. The minimum absolute atomic E-state index is 0.0685. The van der Waals surface area contributed by atoms with Gasteiger partial charge in [0.15, 0.2) is 9.84 Å². The van der Waals surface area contributed by atoms with Crippen molar-refractivity contribution in [1.82, 2.24) is 0 Å². The first-order chi connectivity index (χ1) is 9.83. The molecule has 1 aliphatic rings. The van der Waals surface area contributed by atoms with Gasteiger partial charge in [0.1, 0.15) is 0 Å². The summed E-state index contributed by atoms with van der Waals surface area (Å²) in [5.41, 5.74) is 2.56. The molecule has 1 aliphatic heterocycles. The molecule has 1 unspecified atom stereocenters. The topological polar surface area (TPSA) is 74.6 Å². The molecular weight excluding hydrogens is 288 g/mol. The Hall–Kier alpha value is -0.910. The quantitative estimate of drug-likeness (QED) is 0.858. The van der Waals surface area contributed by atoms with Gasteiger partial charge >= 0.3 is 0 Å². The van der Waals surface area contributed by atoms with Gasteiger partial charge in [0.2, 0.25) is 0 Å². The number of hydrogen-bond acceptors (Lipinski definition) is 4. The van der Waals surface area contributed by atoms with Crippen molar-refractivity contribution in [3.05, 3.63) is 34.9 Å². The molecule has 0 aliphatic carbocycles. The van der Waals surface area contributed by atoms with Gasteiger partial charge in [0.25, 0.3) is 0 Å². The van der Waals surface area contributed by atoms with Gasteiger partial charge in [-0.1, -0.05) is 18.2 Å². The first-order valence-corrected chi connectivity index (χ1v) is 9.13. The van der Waals surface area contributed by atoms with E-state index in [0.29, 0.717) is 12.8 Å². The van der Waals surface area contributed by atoms with Gasteiger partial charge in [-0.05, 0) is 49.3 Å². The van der Waals surface area contributed by atoms with E-state index in [9.17, 15) is 18.6 Å². The highest BCUT2D eigenvalue weighted by atomic mass is 32.2. The summed E-state index contributed by atoms with van der Waals surface area (Å²) in [6.45, 7) is 3.62. The van der Waals surface area contributed by atoms with E-state index < -0.39 is 15.3 Å². The molecule has 1 heterocycles. The van der Waals surface area contributed by atoms with Crippen LogP contribution in [0, 0.1) is 25.2 Å². The molecule has 118 valence electrons. The van der Waals surface area contributed by atoms with E-state index in [0.717, 1.165) is 16.7 Å². The Morgan fingerprint density at radius 1 is 1.19 bits per heavy atom. The van der Waals surface area contributed by atoms with Crippen LogP contribution in [0.2, 0.25) is 0 Å². The number of benzene rings is 1. The Labute approximate surface area is 126 Å². The molecule has 1 fully saturated rings. The van der Waals surface area contributed by atoms with Crippen molar-refractivity contribution in [2.45, 2.75) is 26.7 Å². The molecule has 1 atom stereocenters. The molecule has 1 aromatic carbocycles. The standard InChI is InChI=1S/C16H24O4S/c1-12-4-3-5-13(2)15(12)8-16(10-17,11-18)14-6-7-21(19,20)9-14/h3-5,14,17-18H,6-11H2,1-2H3.